The van der Waals surface area contributed by atoms with Crippen molar-refractivity contribution in [2.45, 2.75) is 18.9 Å². The van der Waals surface area contributed by atoms with Gasteiger partial charge in [0.2, 0.25) is 0 Å². The van der Waals surface area contributed by atoms with E-state index in [2.05, 4.69) is 55.1 Å². The lowest BCUT2D eigenvalue weighted by Crippen LogP contribution is -2.29. The van der Waals surface area contributed by atoms with Crippen LogP contribution in [0, 0.1) is 0 Å². The maximum Gasteiger partial charge on any atom is 0.200 e. The van der Waals surface area contributed by atoms with Gasteiger partial charge in [0.25, 0.3) is 0 Å². The van der Waals surface area contributed by atoms with Crippen LogP contribution in [0.2, 0.25) is 0 Å². The molecule has 0 spiro atoms. The number of likely N-dealkylation sites (tertiary alicyclic amines) is 1. The van der Waals surface area contributed by atoms with Gasteiger partial charge in [-0.15, -0.1) is 14.8 Å². The third-order valence-electron chi connectivity index (χ3n) is 4.23. The number of rotatable bonds is 5. The molecule has 0 aliphatic carbocycles. The Hall–Kier alpha value is -2.54. The molecule has 1 aromatic carbocycles. The first-order valence-electron chi connectivity index (χ1n) is 7.98. The van der Waals surface area contributed by atoms with Crippen molar-refractivity contribution < 1.29 is 0 Å². The number of hydrogen-bond acceptors (Lipinski definition) is 6. The van der Waals surface area contributed by atoms with Crippen molar-refractivity contribution >= 4 is 11.5 Å². The molecule has 1 fully saturated rings. The summed E-state index contributed by atoms with van der Waals surface area (Å²) in [7, 11) is 0. The average molecular weight is 309 g/mol. The minimum absolute atomic E-state index is 0.190. The van der Waals surface area contributed by atoms with E-state index in [0.717, 1.165) is 12.4 Å². The molecule has 3 heterocycles. The van der Waals surface area contributed by atoms with Crippen molar-refractivity contribution in [3.63, 3.8) is 0 Å². The van der Waals surface area contributed by atoms with E-state index in [0.29, 0.717) is 5.65 Å². The van der Waals surface area contributed by atoms with E-state index >= 15 is 0 Å². The van der Waals surface area contributed by atoms with Crippen LogP contribution < -0.4 is 5.32 Å². The van der Waals surface area contributed by atoms with E-state index < -0.39 is 0 Å². The number of fused-ring (bicyclic) bond motifs is 1. The van der Waals surface area contributed by atoms with Gasteiger partial charge in [-0.2, -0.15) is 0 Å². The van der Waals surface area contributed by atoms with Gasteiger partial charge in [-0.05, 0) is 54.1 Å². The van der Waals surface area contributed by atoms with Crippen LogP contribution in [-0.4, -0.2) is 49.8 Å². The molecule has 0 unspecified atom stereocenters. The van der Waals surface area contributed by atoms with Crippen LogP contribution in [0.3, 0.4) is 0 Å². The largest absolute Gasteiger partial charge is 0.360 e. The number of nitrogens with one attached hydrogen (secondary N) is 1. The lowest BCUT2D eigenvalue weighted by atomic mass is 10.1. The minimum Gasteiger partial charge on any atom is -0.360 e. The number of anilines is 1. The number of aromatic nitrogens is 5. The summed E-state index contributed by atoms with van der Waals surface area (Å²) in [6, 6.07) is 14.5. The molecule has 1 aliphatic rings. The van der Waals surface area contributed by atoms with Gasteiger partial charge in [-0.1, -0.05) is 30.3 Å². The van der Waals surface area contributed by atoms with E-state index in [1.54, 1.807) is 0 Å². The quantitative estimate of drug-likeness (QED) is 0.774. The van der Waals surface area contributed by atoms with Crippen LogP contribution in [0.5, 0.6) is 0 Å². The Morgan fingerprint density at radius 1 is 1.04 bits per heavy atom. The van der Waals surface area contributed by atoms with Gasteiger partial charge < -0.3 is 10.2 Å². The Morgan fingerprint density at radius 3 is 2.70 bits per heavy atom. The molecule has 0 amide bonds. The van der Waals surface area contributed by atoms with Crippen LogP contribution in [0.15, 0.2) is 42.5 Å². The smallest absolute Gasteiger partial charge is 0.200 e. The second-order valence-electron chi connectivity index (χ2n) is 5.86. The van der Waals surface area contributed by atoms with Gasteiger partial charge in [-0.25, -0.2) is 0 Å². The molecule has 0 saturated carbocycles. The molecule has 2 aromatic heterocycles. The van der Waals surface area contributed by atoms with Crippen LogP contribution in [-0.2, 0) is 0 Å². The standard InChI is InChI=1S/C16H19N7/c1-2-6-13(7-3-1)14(12-22-10-4-5-11-22)17-15-8-9-16-18-20-21-23(16)19-15/h1-3,6-9,14H,4-5,10-12H2,(H,17,19)/t14-/m0/s1. The SMILES string of the molecule is c1ccc([C@H](CN2CCCC2)Nc2ccc3nnnn3n2)cc1. The maximum absolute atomic E-state index is 4.43. The fourth-order valence-corrected chi connectivity index (χ4v) is 3.05. The maximum atomic E-state index is 4.43. The third-order valence-corrected chi connectivity index (χ3v) is 4.23. The van der Waals surface area contributed by atoms with Crippen LogP contribution in [0.1, 0.15) is 24.4 Å². The molecular formula is C16H19N7. The minimum atomic E-state index is 0.190. The predicted octanol–water partition coefficient (Wildman–Crippen LogP) is 1.77. The first-order chi connectivity index (χ1) is 11.4. The van der Waals surface area contributed by atoms with Gasteiger partial charge in [0.05, 0.1) is 6.04 Å². The Kier molecular flexibility index (Phi) is 3.85. The molecule has 0 bridgehead atoms. The highest BCUT2D eigenvalue weighted by Crippen LogP contribution is 2.21. The summed E-state index contributed by atoms with van der Waals surface area (Å²) in [4.78, 5) is 2.50. The van der Waals surface area contributed by atoms with Gasteiger partial charge in [0.1, 0.15) is 5.82 Å². The molecule has 1 N–H and O–H groups in total. The van der Waals surface area contributed by atoms with Gasteiger partial charge in [0, 0.05) is 6.54 Å². The second kappa shape index (κ2) is 6.29. The number of benzene rings is 1. The van der Waals surface area contributed by atoms with Crippen molar-refractivity contribution in [3.8, 4) is 0 Å². The zero-order valence-corrected chi connectivity index (χ0v) is 12.8. The molecule has 1 saturated heterocycles. The van der Waals surface area contributed by atoms with Gasteiger partial charge >= 0.3 is 0 Å². The summed E-state index contributed by atoms with van der Waals surface area (Å²) in [5.74, 6) is 0.776. The Balaban J connectivity index is 1.58. The van der Waals surface area contributed by atoms with Crippen LogP contribution in [0.4, 0.5) is 5.82 Å². The summed E-state index contributed by atoms with van der Waals surface area (Å²) >= 11 is 0. The monoisotopic (exact) mass is 309 g/mol. The molecule has 7 nitrogen and oxygen atoms in total. The summed E-state index contributed by atoms with van der Waals surface area (Å²) in [6.45, 7) is 3.31. The molecular weight excluding hydrogens is 290 g/mol. The van der Waals surface area contributed by atoms with Crippen molar-refractivity contribution in [2.24, 2.45) is 0 Å². The lowest BCUT2D eigenvalue weighted by molar-refractivity contribution is 0.323. The van der Waals surface area contributed by atoms with E-state index in [-0.39, 0.29) is 6.04 Å². The molecule has 3 aromatic rings. The molecule has 23 heavy (non-hydrogen) atoms. The molecule has 1 atom stereocenters. The fraction of sp³-hybridized carbons (Fsp3) is 0.375. The predicted molar refractivity (Wildman–Crippen MR) is 87.1 cm³/mol. The molecule has 7 heteroatoms. The van der Waals surface area contributed by atoms with Crippen molar-refractivity contribution in [3.05, 3.63) is 48.0 Å². The van der Waals surface area contributed by atoms with E-state index in [9.17, 15) is 0 Å². The highest BCUT2D eigenvalue weighted by Gasteiger charge is 2.19. The van der Waals surface area contributed by atoms with Gasteiger partial charge in [-0.3, -0.25) is 0 Å². The van der Waals surface area contributed by atoms with E-state index in [4.69, 9.17) is 0 Å². The van der Waals surface area contributed by atoms with Crippen molar-refractivity contribution in [1.29, 1.82) is 0 Å². The Bertz CT molecular complexity index is 764. The lowest BCUT2D eigenvalue weighted by Gasteiger charge is -2.25. The topological polar surface area (TPSA) is 71.2 Å². The van der Waals surface area contributed by atoms with Crippen LogP contribution >= 0.6 is 0 Å². The average Bonchev–Trinajstić information content (AvgIpc) is 3.26. The first-order valence-corrected chi connectivity index (χ1v) is 7.98. The third kappa shape index (κ3) is 3.14. The first kappa shape index (κ1) is 14.1. The van der Waals surface area contributed by atoms with Gasteiger partial charge in [0.15, 0.2) is 5.65 Å². The molecule has 118 valence electrons. The molecule has 1 aliphatic heterocycles. The fourth-order valence-electron chi connectivity index (χ4n) is 3.05. The summed E-state index contributed by atoms with van der Waals surface area (Å²) in [5, 5.41) is 19.3. The molecule has 0 radical (unpaired) electrons. The highest BCUT2D eigenvalue weighted by molar-refractivity contribution is 5.44. The van der Waals surface area contributed by atoms with E-state index in [1.807, 2.05) is 18.2 Å². The zero-order chi connectivity index (χ0) is 15.5. The van der Waals surface area contributed by atoms with Crippen molar-refractivity contribution in [1.82, 2.24) is 30.2 Å². The number of tetrazole rings is 1. The summed E-state index contributed by atoms with van der Waals surface area (Å²) < 4.78 is 1.44. The Morgan fingerprint density at radius 2 is 1.87 bits per heavy atom. The number of hydrogen-bond donors (Lipinski definition) is 1. The molecule has 4 rings (SSSR count). The normalized spacial score (nSPS) is 16.7. The summed E-state index contributed by atoms with van der Waals surface area (Å²) in [5.41, 5.74) is 1.91. The summed E-state index contributed by atoms with van der Waals surface area (Å²) in [6.07, 6.45) is 2.58. The van der Waals surface area contributed by atoms with E-state index in [1.165, 1.54) is 36.1 Å². The number of nitrogens with zero attached hydrogens (tertiary/aromatic N) is 6. The highest BCUT2D eigenvalue weighted by atomic mass is 15.6. The Labute approximate surface area is 134 Å². The second-order valence-corrected chi connectivity index (χ2v) is 5.86. The van der Waals surface area contributed by atoms with Crippen molar-refractivity contribution in [2.75, 3.05) is 25.0 Å². The van der Waals surface area contributed by atoms with Crippen LogP contribution in [0.25, 0.3) is 5.65 Å². The zero-order valence-electron chi connectivity index (χ0n) is 12.8.